The highest BCUT2D eigenvalue weighted by Crippen LogP contribution is 2.17. The van der Waals surface area contributed by atoms with Crippen molar-refractivity contribution in [3.8, 4) is 5.75 Å². The number of nitrogens with one attached hydrogen (secondary N) is 1. The lowest BCUT2D eigenvalue weighted by atomic mass is 10.1. The van der Waals surface area contributed by atoms with Crippen LogP contribution < -0.4 is 10.5 Å². The van der Waals surface area contributed by atoms with Crippen molar-refractivity contribution in [2.75, 3.05) is 0 Å². The number of ether oxygens (including phenoxy) is 1. The first-order chi connectivity index (χ1) is 8.65. The van der Waals surface area contributed by atoms with E-state index in [4.69, 9.17) is 27.5 Å². The van der Waals surface area contributed by atoms with Gasteiger partial charge in [-0.25, -0.2) is 0 Å². The quantitative estimate of drug-likeness (QED) is 0.655. The molecular formula is C14H13ClN2O. The average molecular weight is 261 g/mol. The van der Waals surface area contributed by atoms with Crippen LogP contribution in [0.1, 0.15) is 11.1 Å². The van der Waals surface area contributed by atoms with Crippen molar-refractivity contribution in [3.63, 3.8) is 0 Å². The highest BCUT2D eigenvalue weighted by molar-refractivity contribution is 6.30. The van der Waals surface area contributed by atoms with E-state index in [9.17, 15) is 0 Å². The highest BCUT2D eigenvalue weighted by atomic mass is 35.5. The number of benzene rings is 2. The molecule has 2 aromatic carbocycles. The Labute approximate surface area is 111 Å². The van der Waals surface area contributed by atoms with E-state index in [-0.39, 0.29) is 5.84 Å². The van der Waals surface area contributed by atoms with Gasteiger partial charge in [0.2, 0.25) is 0 Å². The summed E-state index contributed by atoms with van der Waals surface area (Å²) >= 11 is 5.79. The molecule has 0 amide bonds. The number of rotatable bonds is 4. The molecule has 2 aromatic rings. The molecule has 0 radical (unpaired) electrons. The normalized spacial score (nSPS) is 10.1. The molecule has 0 spiro atoms. The van der Waals surface area contributed by atoms with Gasteiger partial charge in [0.1, 0.15) is 18.2 Å². The molecule has 3 N–H and O–H groups in total. The molecule has 0 aromatic heterocycles. The molecule has 0 aliphatic rings. The minimum atomic E-state index is 0.0696. The molecular weight excluding hydrogens is 248 g/mol. The van der Waals surface area contributed by atoms with E-state index in [0.717, 1.165) is 11.3 Å². The molecule has 0 saturated heterocycles. The molecule has 0 unspecified atom stereocenters. The summed E-state index contributed by atoms with van der Waals surface area (Å²) in [5.74, 6) is 0.843. The fourth-order valence-electron chi connectivity index (χ4n) is 1.48. The van der Waals surface area contributed by atoms with Crippen molar-refractivity contribution >= 4 is 17.4 Å². The third-order valence-electron chi connectivity index (χ3n) is 2.48. The van der Waals surface area contributed by atoms with E-state index >= 15 is 0 Å². The number of nitrogen functional groups attached to an aromatic ring is 1. The summed E-state index contributed by atoms with van der Waals surface area (Å²) in [6.07, 6.45) is 0. The van der Waals surface area contributed by atoms with E-state index in [1.165, 1.54) is 0 Å². The largest absolute Gasteiger partial charge is 0.489 e. The van der Waals surface area contributed by atoms with Gasteiger partial charge in [0.15, 0.2) is 0 Å². The van der Waals surface area contributed by atoms with Crippen LogP contribution in [0.3, 0.4) is 0 Å². The molecule has 2 rings (SSSR count). The zero-order valence-electron chi connectivity index (χ0n) is 9.69. The topological polar surface area (TPSA) is 59.1 Å². The van der Waals surface area contributed by atoms with Crippen LogP contribution in [0, 0.1) is 5.41 Å². The molecule has 0 atom stereocenters. The first-order valence-electron chi connectivity index (χ1n) is 5.47. The van der Waals surface area contributed by atoms with Gasteiger partial charge in [-0.2, -0.15) is 0 Å². The SMILES string of the molecule is N=C(N)c1ccc(COc2ccc(Cl)cc2)cc1. The molecule has 0 aliphatic heterocycles. The molecule has 4 heteroatoms. The van der Waals surface area contributed by atoms with Crippen molar-refractivity contribution in [2.24, 2.45) is 5.73 Å². The van der Waals surface area contributed by atoms with Crippen LogP contribution in [0.25, 0.3) is 0 Å². The van der Waals surface area contributed by atoms with Gasteiger partial charge < -0.3 is 10.5 Å². The zero-order chi connectivity index (χ0) is 13.0. The third kappa shape index (κ3) is 3.25. The number of hydrogen-bond donors (Lipinski definition) is 2. The summed E-state index contributed by atoms with van der Waals surface area (Å²) in [6.45, 7) is 0.472. The van der Waals surface area contributed by atoms with E-state index in [2.05, 4.69) is 0 Å². The van der Waals surface area contributed by atoms with Crippen LogP contribution in [-0.2, 0) is 6.61 Å². The van der Waals surface area contributed by atoms with Gasteiger partial charge in [-0.3, -0.25) is 5.41 Å². The van der Waals surface area contributed by atoms with Crippen molar-refractivity contribution in [1.82, 2.24) is 0 Å². The second-order valence-electron chi connectivity index (χ2n) is 3.85. The van der Waals surface area contributed by atoms with Crippen LogP contribution in [0.15, 0.2) is 48.5 Å². The lowest BCUT2D eigenvalue weighted by Crippen LogP contribution is -2.10. The Kier molecular flexibility index (Phi) is 3.85. The van der Waals surface area contributed by atoms with Gasteiger partial charge in [-0.05, 0) is 29.8 Å². The summed E-state index contributed by atoms with van der Waals surface area (Å²) in [4.78, 5) is 0. The maximum atomic E-state index is 7.30. The maximum Gasteiger partial charge on any atom is 0.122 e. The summed E-state index contributed by atoms with van der Waals surface area (Å²) in [7, 11) is 0. The Morgan fingerprint density at radius 2 is 1.67 bits per heavy atom. The van der Waals surface area contributed by atoms with Crippen LogP contribution in [0.5, 0.6) is 5.75 Å². The smallest absolute Gasteiger partial charge is 0.122 e. The van der Waals surface area contributed by atoms with Crippen LogP contribution in [0.4, 0.5) is 0 Å². The first kappa shape index (κ1) is 12.5. The number of nitrogens with two attached hydrogens (primary N) is 1. The molecule has 18 heavy (non-hydrogen) atoms. The number of amidine groups is 1. The molecule has 0 aliphatic carbocycles. The van der Waals surface area contributed by atoms with Gasteiger partial charge in [0.05, 0.1) is 0 Å². The number of hydrogen-bond acceptors (Lipinski definition) is 2. The Hall–Kier alpha value is -2.00. The van der Waals surface area contributed by atoms with Crippen molar-refractivity contribution in [2.45, 2.75) is 6.61 Å². The molecule has 0 fully saturated rings. The zero-order valence-corrected chi connectivity index (χ0v) is 10.4. The minimum Gasteiger partial charge on any atom is -0.489 e. The fourth-order valence-corrected chi connectivity index (χ4v) is 1.60. The predicted molar refractivity (Wildman–Crippen MR) is 73.2 cm³/mol. The molecule has 0 saturated carbocycles. The van der Waals surface area contributed by atoms with Gasteiger partial charge in [-0.15, -0.1) is 0 Å². The summed E-state index contributed by atoms with van der Waals surface area (Å²) in [5, 5.41) is 7.98. The summed E-state index contributed by atoms with van der Waals surface area (Å²) in [6, 6.07) is 14.6. The average Bonchev–Trinajstić information content (AvgIpc) is 2.38. The summed E-state index contributed by atoms with van der Waals surface area (Å²) in [5.41, 5.74) is 7.12. The van der Waals surface area contributed by atoms with Crippen LogP contribution in [-0.4, -0.2) is 5.84 Å². The van der Waals surface area contributed by atoms with Crippen LogP contribution in [0.2, 0.25) is 5.02 Å². The van der Waals surface area contributed by atoms with E-state index in [0.29, 0.717) is 17.2 Å². The highest BCUT2D eigenvalue weighted by Gasteiger charge is 1.98. The molecule has 3 nitrogen and oxygen atoms in total. The molecule has 0 bridgehead atoms. The van der Waals surface area contributed by atoms with E-state index in [1.807, 2.05) is 36.4 Å². The van der Waals surface area contributed by atoms with Crippen molar-refractivity contribution in [1.29, 1.82) is 5.41 Å². The first-order valence-corrected chi connectivity index (χ1v) is 5.84. The van der Waals surface area contributed by atoms with Gasteiger partial charge >= 0.3 is 0 Å². The Morgan fingerprint density at radius 3 is 2.22 bits per heavy atom. The minimum absolute atomic E-state index is 0.0696. The van der Waals surface area contributed by atoms with Gasteiger partial charge in [0.25, 0.3) is 0 Å². The third-order valence-corrected chi connectivity index (χ3v) is 2.74. The standard InChI is InChI=1S/C14H13ClN2O/c15-12-5-7-13(8-6-12)18-9-10-1-3-11(4-2-10)14(16)17/h1-8H,9H2,(H3,16,17). The van der Waals surface area contributed by atoms with Gasteiger partial charge in [-0.1, -0.05) is 35.9 Å². The lowest BCUT2D eigenvalue weighted by Gasteiger charge is -2.07. The number of halogens is 1. The lowest BCUT2D eigenvalue weighted by molar-refractivity contribution is 0.306. The van der Waals surface area contributed by atoms with Crippen LogP contribution >= 0.6 is 11.6 Å². The van der Waals surface area contributed by atoms with E-state index < -0.39 is 0 Å². The van der Waals surface area contributed by atoms with Gasteiger partial charge in [0, 0.05) is 10.6 Å². The second-order valence-corrected chi connectivity index (χ2v) is 4.29. The Balaban J connectivity index is 1.97. The summed E-state index contributed by atoms with van der Waals surface area (Å²) < 4.78 is 5.60. The maximum absolute atomic E-state index is 7.30. The fraction of sp³-hybridized carbons (Fsp3) is 0.0714. The van der Waals surface area contributed by atoms with E-state index in [1.54, 1.807) is 12.1 Å². The van der Waals surface area contributed by atoms with Crippen molar-refractivity contribution in [3.05, 3.63) is 64.7 Å². The predicted octanol–water partition coefficient (Wildman–Crippen LogP) is 3.20. The molecule has 0 heterocycles. The van der Waals surface area contributed by atoms with Crippen molar-refractivity contribution < 1.29 is 4.74 Å². The Bertz CT molecular complexity index is 535. The Morgan fingerprint density at radius 1 is 1.06 bits per heavy atom. The monoisotopic (exact) mass is 260 g/mol. The molecule has 92 valence electrons. The second kappa shape index (κ2) is 5.56.